The smallest absolute Gasteiger partial charge is 0.270 e. The minimum atomic E-state index is -2.15. The number of carbonyl (C=O) groups is 3. The molecule has 8 nitrogen and oxygen atoms in total. The van der Waals surface area contributed by atoms with E-state index in [9.17, 15) is 19.5 Å². The molecule has 0 aromatic rings. The Morgan fingerprint density at radius 3 is 2.60 bits per heavy atom. The summed E-state index contributed by atoms with van der Waals surface area (Å²) >= 11 is 0. The van der Waals surface area contributed by atoms with Crippen LogP contribution in [0.15, 0.2) is 0 Å². The van der Waals surface area contributed by atoms with Gasteiger partial charge in [0, 0.05) is 19.4 Å². The first kappa shape index (κ1) is 14.7. The highest BCUT2D eigenvalue weighted by atomic mass is 16.3. The number of primary amides is 2. The maximum absolute atomic E-state index is 12.5. The van der Waals surface area contributed by atoms with E-state index in [-0.39, 0.29) is 25.3 Å². The molecule has 2 aliphatic heterocycles. The third-order valence-corrected chi connectivity index (χ3v) is 4.22. The fourth-order valence-corrected chi connectivity index (χ4v) is 3.01. The molecule has 6 N–H and O–H groups in total. The van der Waals surface area contributed by atoms with Crippen molar-refractivity contribution in [2.75, 3.05) is 13.1 Å². The van der Waals surface area contributed by atoms with Gasteiger partial charge in [-0.05, 0) is 25.8 Å². The van der Waals surface area contributed by atoms with Gasteiger partial charge in [-0.25, -0.2) is 0 Å². The number of aliphatic hydroxyl groups is 1. The van der Waals surface area contributed by atoms with E-state index in [1.165, 1.54) is 0 Å². The van der Waals surface area contributed by atoms with E-state index in [1.54, 1.807) is 0 Å². The molecule has 1 unspecified atom stereocenters. The number of hydrogen-bond donors (Lipinski definition) is 4. The topological polar surface area (TPSA) is 139 Å². The lowest BCUT2D eigenvalue weighted by molar-refractivity contribution is -0.172. The fraction of sp³-hybridized carbons (Fsp3) is 0.750. The molecule has 0 saturated carbocycles. The molecular weight excluding hydrogens is 264 g/mol. The average molecular weight is 284 g/mol. The molecule has 2 atom stereocenters. The third kappa shape index (κ3) is 2.25. The molecule has 3 amide bonds. The van der Waals surface area contributed by atoms with Gasteiger partial charge in [0.2, 0.25) is 17.5 Å². The highest BCUT2D eigenvalue weighted by Gasteiger charge is 2.55. The molecule has 2 saturated heterocycles. The van der Waals surface area contributed by atoms with E-state index in [2.05, 4.69) is 5.32 Å². The normalized spacial score (nSPS) is 28.9. The summed E-state index contributed by atoms with van der Waals surface area (Å²) in [6.45, 7) is 0.958. The Morgan fingerprint density at radius 1 is 1.40 bits per heavy atom. The van der Waals surface area contributed by atoms with Crippen molar-refractivity contribution in [1.82, 2.24) is 10.2 Å². The van der Waals surface area contributed by atoms with Crippen molar-refractivity contribution in [2.24, 2.45) is 11.5 Å². The van der Waals surface area contributed by atoms with Crippen molar-refractivity contribution in [1.29, 1.82) is 0 Å². The predicted octanol–water partition coefficient (Wildman–Crippen LogP) is -2.22. The lowest BCUT2D eigenvalue weighted by Gasteiger charge is -2.35. The van der Waals surface area contributed by atoms with Gasteiger partial charge in [-0.15, -0.1) is 0 Å². The van der Waals surface area contributed by atoms with Crippen molar-refractivity contribution in [3.8, 4) is 0 Å². The lowest BCUT2D eigenvalue weighted by atomic mass is 9.95. The predicted molar refractivity (Wildman–Crippen MR) is 68.9 cm³/mol. The van der Waals surface area contributed by atoms with Crippen LogP contribution in [0.4, 0.5) is 0 Å². The Hall–Kier alpha value is -1.67. The number of nitrogens with one attached hydrogen (secondary N) is 1. The summed E-state index contributed by atoms with van der Waals surface area (Å²) in [5.74, 6) is -2.03. The highest BCUT2D eigenvalue weighted by Crippen LogP contribution is 2.35. The van der Waals surface area contributed by atoms with Gasteiger partial charge in [-0.2, -0.15) is 0 Å². The molecular formula is C12H20N4O4. The summed E-state index contributed by atoms with van der Waals surface area (Å²) in [6, 6.07) is 0. The fourth-order valence-electron chi connectivity index (χ4n) is 3.01. The van der Waals surface area contributed by atoms with E-state index >= 15 is 0 Å². The molecule has 112 valence electrons. The molecule has 2 aliphatic rings. The molecule has 0 aliphatic carbocycles. The van der Waals surface area contributed by atoms with Gasteiger partial charge in [0.25, 0.3) is 5.91 Å². The molecule has 20 heavy (non-hydrogen) atoms. The Balaban J connectivity index is 2.20. The number of amides is 3. The Labute approximate surface area is 116 Å². The summed E-state index contributed by atoms with van der Waals surface area (Å²) < 4.78 is 0. The van der Waals surface area contributed by atoms with Crippen LogP contribution in [0.25, 0.3) is 0 Å². The lowest BCUT2D eigenvalue weighted by Crippen LogP contribution is -2.61. The van der Waals surface area contributed by atoms with E-state index in [0.717, 1.165) is 17.9 Å². The second kappa shape index (κ2) is 5.02. The summed E-state index contributed by atoms with van der Waals surface area (Å²) in [4.78, 5) is 36.0. The molecule has 1 spiro atoms. The summed E-state index contributed by atoms with van der Waals surface area (Å²) in [7, 11) is 0. The molecule has 0 aromatic carbocycles. The summed E-state index contributed by atoms with van der Waals surface area (Å²) in [5, 5.41) is 13.6. The Morgan fingerprint density at radius 2 is 2.10 bits per heavy atom. The van der Waals surface area contributed by atoms with Gasteiger partial charge < -0.3 is 26.8 Å². The van der Waals surface area contributed by atoms with Crippen molar-refractivity contribution in [3.05, 3.63) is 0 Å². The second-order valence-corrected chi connectivity index (χ2v) is 5.47. The van der Waals surface area contributed by atoms with E-state index < -0.39 is 23.1 Å². The van der Waals surface area contributed by atoms with Gasteiger partial charge in [-0.3, -0.25) is 14.4 Å². The first-order valence-electron chi connectivity index (χ1n) is 6.69. The van der Waals surface area contributed by atoms with Crippen LogP contribution in [-0.2, 0) is 14.4 Å². The maximum atomic E-state index is 12.5. The zero-order valence-corrected chi connectivity index (χ0v) is 11.2. The van der Waals surface area contributed by atoms with Gasteiger partial charge in [0.05, 0.1) is 5.54 Å². The minimum absolute atomic E-state index is 0.219. The van der Waals surface area contributed by atoms with Crippen LogP contribution >= 0.6 is 0 Å². The van der Waals surface area contributed by atoms with E-state index in [0.29, 0.717) is 12.8 Å². The monoisotopic (exact) mass is 284 g/mol. The molecule has 0 aromatic heterocycles. The zero-order chi connectivity index (χ0) is 15.0. The summed E-state index contributed by atoms with van der Waals surface area (Å²) in [5.41, 5.74) is 7.41. The van der Waals surface area contributed by atoms with Gasteiger partial charge in [0.1, 0.15) is 0 Å². The number of likely N-dealkylation sites (tertiary alicyclic amines) is 1. The van der Waals surface area contributed by atoms with Crippen LogP contribution in [0.2, 0.25) is 0 Å². The number of nitrogens with two attached hydrogens (primary N) is 2. The van der Waals surface area contributed by atoms with Crippen LogP contribution in [0.5, 0.6) is 0 Å². The zero-order valence-electron chi connectivity index (χ0n) is 11.2. The summed E-state index contributed by atoms with van der Waals surface area (Å²) in [6.07, 6.45) is 1.56. The second-order valence-electron chi connectivity index (χ2n) is 5.47. The van der Waals surface area contributed by atoms with Gasteiger partial charge in [0.15, 0.2) is 0 Å². The molecule has 8 heteroatoms. The van der Waals surface area contributed by atoms with Gasteiger partial charge in [-0.1, -0.05) is 0 Å². The number of rotatable bonds is 5. The van der Waals surface area contributed by atoms with Crippen LogP contribution in [0, 0.1) is 0 Å². The Bertz CT molecular complexity index is 447. The quantitative estimate of drug-likeness (QED) is 0.453. The van der Waals surface area contributed by atoms with Crippen molar-refractivity contribution in [3.63, 3.8) is 0 Å². The highest BCUT2D eigenvalue weighted by molar-refractivity contribution is 5.95. The molecule has 2 rings (SSSR count). The molecule has 2 fully saturated rings. The molecule has 2 heterocycles. The standard InChI is InChI=1S/C12H20N4O4/c13-8(17)2-4-12(20,9(14)18)16-7-5-11(10(16)19)3-1-6-15-11/h15,20H,1-7H2,(H2,13,17)(H2,14,18)/t11?,12-/m0/s1. The van der Waals surface area contributed by atoms with Crippen molar-refractivity contribution < 1.29 is 19.5 Å². The number of hydrogen-bond acceptors (Lipinski definition) is 5. The first-order chi connectivity index (χ1) is 9.32. The van der Waals surface area contributed by atoms with Crippen LogP contribution in [-0.4, -0.2) is 52.1 Å². The Kier molecular flexibility index (Phi) is 3.70. The van der Waals surface area contributed by atoms with Crippen LogP contribution < -0.4 is 16.8 Å². The van der Waals surface area contributed by atoms with E-state index in [4.69, 9.17) is 11.5 Å². The molecule has 0 bridgehead atoms. The number of nitrogens with zero attached hydrogens (tertiary/aromatic N) is 1. The maximum Gasteiger partial charge on any atom is 0.270 e. The first-order valence-corrected chi connectivity index (χ1v) is 6.69. The number of carbonyl (C=O) groups excluding carboxylic acids is 3. The van der Waals surface area contributed by atoms with Crippen LogP contribution in [0.3, 0.4) is 0 Å². The molecule has 0 radical (unpaired) electrons. The largest absolute Gasteiger partial charge is 0.370 e. The van der Waals surface area contributed by atoms with Crippen LogP contribution in [0.1, 0.15) is 32.1 Å². The minimum Gasteiger partial charge on any atom is -0.370 e. The third-order valence-electron chi connectivity index (χ3n) is 4.22. The van der Waals surface area contributed by atoms with Gasteiger partial charge >= 0.3 is 0 Å². The van der Waals surface area contributed by atoms with E-state index in [1.807, 2.05) is 0 Å². The van der Waals surface area contributed by atoms with Crippen molar-refractivity contribution in [2.45, 2.75) is 43.4 Å². The van der Waals surface area contributed by atoms with Crippen molar-refractivity contribution >= 4 is 17.7 Å². The SMILES string of the molecule is NC(=O)CC[C@](O)(C(N)=O)N1CCC2(CCCN2)C1=O. The average Bonchev–Trinajstić information content (AvgIpc) is 2.97.